The molecule has 3 aromatic heterocycles. The maximum absolute atomic E-state index is 13.2. The summed E-state index contributed by atoms with van der Waals surface area (Å²) in [6.07, 6.45) is 4.24. The van der Waals surface area contributed by atoms with Crippen molar-refractivity contribution in [2.75, 3.05) is 13.7 Å². The molecular weight excluding hydrogens is 354 g/mol. The molecular formula is C21H19N5O2. The number of ether oxygens (including phenoxy) is 1. The van der Waals surface area contributed by atoms with Gasteiger partial charge in [0, 0.05) is 36.0 Å². The molecule has 0 spiro atoms. The summed E-state index contributed by atoms with van der Waals surface area (Å²) in [6, 6.07) is 13.5. The molecule has 5 rings (SSSR count). The van der Waals surface area contributed by atoms with Gasteiger partial charge in [-0.1, -0.05) is 18.2 Å². The molecule has 1 aliphatic heterocycles. The van der Waals surface area contributed by atoms with Crippen LogP contribution in [0.4, 0.5) is 0 Å². The molecule has 0 radical (unpaired) electrons. The van der Waals surface area contributed by atoms with Crippen LogP contribution in [0.25, 0.3) is 16.9 Å². The molecule has 0 saturated heterocycles. The lowest BCUT2D eigenvalue weighted by atomic mass is 10.00. The summed E-state index contributed by atoms with van der Waals surface area (Å²) in [5.74, 6) is 0.735. The maximum atomic E-state index is 13.2. The van der Waals surface area contributed by atoms with Gasteiger partial charge < -0.3 is 9.64 Å². The number of H-pyrrole nitrogens is 1. The third-order valence-electron chi connectivity index (χ3n) is 5.22. The molecule has 0 unspecified atom stereocenters. The Bertz CT molecular complexity index is 1180. The van der Waals surface area contributed by atoms with E-state index in [0.29, 0.717) is 18.8 Å². The molecule has 7 nitrogen and oxygen atoms in total. The molecule has 4 aromatic rings. The van der Waals surface area contributed by atoms with Gasteiger partial charge in [0.15, 0.2) is 0 Å². The molecule has 28 heavy (non-hydrogen) atoms. The second-order valence-electron chi connectivity index (χ2n) is 6.78. The molecule has 0 fully saturated rings. The number of carbonyl (C=O) groups excluding carboxylic acids is 1. The summed E-state index contributed by atoms with van der Waals surface area (Å²) in [5.41, 5.74) is 5.21. The SMILES string of the molecule is COc1ccccc1-c1n[nH]c2c1CN(C(=O)c1cnc3ccccn13)CC2. The number of nitrogens with zero attached hydrogens (tertiary/aromatic N) is 4. The van der Waals surface area contributed by atoms with Gasteiger partial charge >= 0.3 is 0 Å². The quantitative estimate of drug-likeness (QED) is 0.599. The van der Waals surface area contributed by atoms with Crippen LogP contribution < -0.4 is 4.74 Å². The first-order valence-electron chi connectivity index (χ1n) is 9.17. The topological polar surface area (TPSA) is 75.5 Å². The summed E-state index contributed by atoms with van der Waals surface area (Å²) in [5, 5.41) is 7.66. The van der Waals surface area contributed by atoms with E-state index >= 15 is 0 Å². The van der Waals surface area contributed by atoms with Gasteiger partial charge in [0.1, 0.15) is 22.8 Å². The van der Waals surface area contributed by atoms with E-state index < -0.39 is 0 Å². The lowest BCUT2D eigenvalue weighted by molar-refractivity contribution is 0.0727. The van der Waals surface area contributed by atoms with Crippen LogP contribution in [-0.2, 0) is 13.0 Å². The summed E-state index contributed by atoms with van der Waals surface area (Å²) < 4.78 is 7.32. The van der Waals surface area contributed by atoms with Crippen molar-refractivity contribution in [1.29, 1.82) is 0 Å². The fourth-order valence-corrected chi connectivity index (χ4v) is 3.78. The van der Waals surface area contributed by atoms with E-state index in [-0.39, 0.29) is 5.91 Å². The number of para-hydroxylation sites is 1. The van der Waals surface area contributed by atoms with E-state index in [1.165, 1.54) is 0 Å². The monoisotopic (exact) mass is 373 g/mol. The van der Waals surface area contributed by atoms with Gasteiger partial charge in [-0.25, -0.2) is 4.98 Å². The van der Waals surface area contributed by atoms with Gasteiger partial charge in [0.2, 0.25) is 0 Å². The highest BCUT2D eigenvalue weighted by Crippen LogP contribution is 2.34. The molecule has 1 aromatic carbocycles. The molecule has 140 valence electrons. The number of carbonyl (C=O) groups is 1. The predicted molar refractivity (Wildman–Crippen MR) is 104 cm³/mol. The van der Waals surface area contributed by atoms with Crippen LogP contribution in [-0.4, -0.2) is 44.0 Å². The van der Waals surface area contributed by atoms with Crippen LogP contribution in [0.1, 0.15) is 21.7 Å². The second kappa shape index (κ2) is 6.53. The predicted octanol–water partition coefficient (Wildman–Crippen LogP) is 2.93. The Morgan fingerprint density at radius 1 is 1.18 bits per heavy atom. The van der Waals surface area contributed by atoms with Crippen LogP contribution in [0.15, 0.2) is 54.9 Å². The van der Waals surface area contributed by atoms with Crippen molar-refractivity contribution >= 4 is 11.6 Å². The lowest BCUT2D eigenvalue weighted by Crippen LogP contribution is -2.36. The number of rotatable bonds is 3. The van der Waals surface area contributed by atoms with Crippen molar-refractivity contribution in [3.05, 3.63) is 71.8 Å². The number of aromatic amines is 1. The molecule has 7 heteroatoms. The fourth-order valence-electron chi connectivity index (χ4n) is 3.78. The van der Waals surface area contributed by atoms with Gasteiger partial charge in [-0.15, -0.1) is 0 Å². The Kier molecular flexibility index (Phi) is 3.86. The molecule has 0 aliphatic carbocycles. The number of amides is 1. The van der Waals surface area contributed by atoms with Crippen molar-refractivity contribution < 1.29 is 9.53 Å². The largest absolute Gasteiger partial charge is 0.496 e. The fraction of sp³-hybridized carbons (Fsp3) is 0.190. The Balaban J connectivity index is 1.50. The summed E-state index contributed by atoms with van der Waals surface area (Å²) >= 11 is 0. The Labute approximate surface area is 161 Å². The van der Waals surface area contributed by atoms with Gasteiger partial charge in [-0.2, -0.15) is 5.10 Å². The average Bonchev–Trinajstić information content (AvgIpc) is 3.37. The number of hydrogen-bond donors (Lipinski definition) is 1. The lowest BCUT2D eigenvalue weighted by Gasteiger charge is -2.27. The first-order chi connectivity index (χ1) is 13.8. The number of nitrogens with one attached hydrogen (secondary N) is 1. The summed E-state index contributed by atoms with van der Waals surface area (Å²) in [4.78, 5) is 19.4. The second-order valence-corrected chi connectivity index (χ2v) is 6.78. The summed E-state index contributed by atoms with van der Waals surface area (Å²) in [6.45, 7) is 1.14. The van der Waals surface area contributed by atoms with E-state index in [1.54, 1.807) is 13.3 Å². The zero-order valence-electron chi connectivity index (χ0n) is 15.4. The normalized spacial score (nSPS) is 13.5. The molecule has 4 heterocycles. The van der Waals surface area contributed by atoms with Gasteiger partial charge in [0.05, 0.1) is 19.9 Å². The van der Waals surface area contributed by atoms with E-state index in [9.17, 15) is 4.79 Å². The van der Waals surface area contributed by atoms with Crippen LogP contribution >= 0.6 is 0 Å². The van der Waals surface area contributed by atoms with E-state index in [0.717, 1.165) is 40.3 Å². The van der Waals surface area contributed by atoms with E-state index in [4.69, 9.17) is 4.74 Å². The van der Waals surface area contributed by atoms with Crippen LogP contribution in [0.3, 0.4) is 0 Å². The minimum Gasteiger partial charge on any atom is -0.496 e. The molecule has 1 amide bonds. The third-order valence-corrected chi connectivity index (χ3v) is 5.22. The Morgan fingerprint density at radius 2 is 2.04 bits per heavy atom. The number of imidazole rings is 1. The zero-order valence-corrected chi connectivity index (χ0v) is 15.4. The molecule has 0 saturated carbocycles. The number of hydrogen-bond acceptors (Lipinski definition) is 4. The standard InChI is InChI=1S/C21H19N5O2/c1-28-18-7-3-2-6-14(18)20-15-13-25(11-9-16(15)23-24-20)21(27)17-12-22-19-8-4-5-10-26(17)19/h2-8,10,12H,9,11,13H2,1H3,(H,23,24). The average molecular weight is 373 g/mol. The first kappa shape index (κ1) is 16.6. The van der Waals surface area contributed by atoms with Gasteiger partial charge in [-0.05, 0) is 24.3 Å². The summed E-state index contributed by atoms with van der Waals surface area (Å²) in [7, 11) is 1.65. The van der Waals surface area contributed by atoms with Crippen molar-refractivity contribution in [2.24, 2.45) is 0 Å². The van der Waals surface area contributed by atoms with E-state index in [1.807, 2.05) is 58.0 Å². The van der Waals surface area contributed by atoms with Crippen molar-refractivity contribution in [1.82, 2.24) is 24.5 Å². The smallest absolute Gasteiger partial charge is 0.272 e. The Hall–Kier alpha value is -3.61. The highest BCUT2D eigenvalue weighted by atomic mass is 16.5. The molecule has 1 N–H and O–H groups in total. The van der Waals surface area contributed by atoms with E-state index in [2.05, 4.69) is 15.2 Å². The highest BCUT2D eigenvalue weighted by Gasteiger charge is 2.28. The van der Waals surface area contributed by atoms with Gasteiger partial charge in [-0.3, -0.25) is 14.3 Å². The van der Waals surface area contributed by atoms with Crippen molar-refractivity contribution in [3.8, 4) is 17.0 Å². The zero-order chi connectivity index (χ0) is 19.1. The van der Waals surface area contributed by atoms with Crippen LogP contribution in [0.2, 0.25) is 0 Å². The van der Waals surface area contributed by atoms with Crippen molar-refractivity contribution in [3.63, 3.8) is 0 Å². The Morgan fingerprint density at radius 3 is 2.93 bits per heavy atom. The number of pyridine rings is 1. The first-order valence-corrected chi connectivity index (χ1v) is 9.17. The molecule has 1 aliphatic rings. The highest BCUT2D eigenvalue weighted by molar-refractivity contribution is 5.93. The molecule has 0 bridgehead atoms. The number of fused-ring (bicyclic) bond motifs is 2. The number of aromatic nitrogens is 4. The van der Waals surface area contributed by atoms with Crippen LogP contribution in [0.5, 0.6) is 5.75 Å². The third kappa shape index (κ3) is 2.55. The molecule has 0 atom stereocenters. The maximum Gasteiger partial charge on any atom is 0.272 e. The number of methoxy groups -OCH3 is 1. The number of benzene rings is 1. The van der Waals surface area contributed by atoms with Crippen molar-refractivity contribution in [2.45, 2.75) is 13.0 Å². The minimum atomic E-state index is -0.0310. The van der Waals surface area contributed by atoms with Crippen LogP contribution in [0, 0.1) is 0 Å². The van der Waals surface area contributed by atoms with Gasteiger partial charge in [0.25, 0.3) is 5.91 Å². The minimum absolute atomic E-state index is 0.0310.